The van der Waals surface area contributed by atoms with Crippen LogP contribution in [0.4, 0.5) is 0 Å². The molecule has 0 unspecified atom stereocenters. The Morgan fingerprint density at radius 3 is 1.36 bits per heavy atom. The smallest absolute Gasteiger partial charge is 0.284 e. The van der Waals surface area contributed by atoms with Crippen LogP contribution in [0, 0.1) is 22.7 Å². The highest BCUT2D eigenvalue weighted by Gasteiger charge is 1.88. The van der Waals surface area contributed by atoms with Gasteiger partial charge < -0.3 is 0 Å². The van der Waals surface area contributed by atoms with Crippen molar-refractivity contribution in [2.45, 2.75) is 0 Å². The molecule has 6 heteroatoms. The van der Waals surface area contributed by atoms with Crippen molar-refractivity contribution in [2.24, 2.45) is 0 Å². The van der Waals surface area contributed by atoms with Gasteiger partial charge in [0.2, 0.25) is 0 Å². The van der Waals surface area contributed by atoms with Crippen molar-refractivity contribution in [3.63, 3.8) is 0 Å². The van der Waals surface area contributed by atoms with E-state index in [2.05, 4.69) is 0 Å². The lowest BCUT2D eigenvalue weighted by atomic mass is 10.2. The summed E-state index contributed by atoms with van der Waals surface area (Å²) in [7, 11) is 0. The maximum Gasteiger partial charge on any atom is 0.299 e. The van der Waals surface area contributed by atoms with E-state index in [0.717, 1.165) is 0 Å². The molecule has 0 spiro atoms. The predicted molar refractivity (Wildman–Crippen MR) is 49.3 cm³/mol. The van der Waals surface area contributed by atoms with E-state index >= 15 is 0 Å². The van der Waals surface area contributed by atoms with E-state index in [1.807, 2.05) is 12.1 Å². The normalized spacial score (nSPS) is 8.07. The molecule has 2 N–H and O–H groups in total. The van der Waals surface area contributed by atoms with Gasteiger partial charge in [-0.3, -0.25) is 9.11 Å². The molecule has 1 rings (SSSR count). The maximum absolute atomic E-state index is 8.67. The van der Waals surface area contributed by atoms with Gasteiger partial charge in [0, 0.05) is 0 Å². The quantitative estimate of drug-likeness (QED) is 0.624. The molecule has 0 aromatic heterocycles. The molecule has 14 heavy (non-hydrogen) atoms. The molecule has 0 atom stereocenters. The van der Waals surface area contributed by atoms with Crippen LogP contribution in [-0.2, 0) is 11.4 Å². The maximum atomic E-state index is 8.67. The molecular weight excluding hydrogens is 204 g/mol. The average molecular weight is 210 g/mol. The van der Waals surface area contributed by atoms with Gasteiger partial charge in [-0.05, 0) is 24.3 Å². The molecule has 1 aromatic carbocycles. The highest BCUT2D eigenvalue weighted by Crippen LogP contribution is 2.00. The second kappa shape index (κ2) is 6.75. The minimum Gasteiger partial charge on any atom is -0.284 e. The van der Waals surface area contributed by atoms with Crippen molar-refractivity contribution >= 4 is 11.4 Å². The average Bonchev–Trinajstić information content (AvgIpc) is 2.17. The van der Waals surface area contributed by atoms with E-state index < -0.39 is 11.4 Å². The predicted octanol–water partition coefficient (Wildman–Crippen LogP) is 1.11. The molecule has 0 fully saturated rings. The first kappa shape index (κ1) is 12.3. The molecule has 0 aliphatic rings. The van der Waals surface area contributed by atoms with Gasteiger partial charge in [-0.15, -0.1) is 0 Å². The molecule has 0 saturated heterocycles. The number of benzene rings is 1. The zero-order valence-electron chi connectivity index (χ0n) is 6.91. The summed E-state index contributed by atoms with van der Waals surface area (Å²) in [5, 5.41) is 16.7. The van der Waals surface area contributed by atoms with Gasteiger partial charge in [-0.1, -0.05) is 0 Å². The van der Waals surface area contributed by atoms with Gasteiger partial charge in [0.15, 0.2) is 0 Å². The number of nitrogens with zero attached hydrogens (tertiary/aromatic N) is 2. The highest BCUT2D eigenvalue weighted by molar-refractivity contribution is 7.73. The summed E-state index contributed by atoms with van der Waals surface area (Å²) >= 11 is -2.61. The van der Waals surface area contributed by atoms with Crippen LogP contribution in [0.1, 0.15) is 11.1 Å². The topological polar surface area (TPSA) is 105 Å². The molecule has 5 nitrogen and oxygen atoms in total. The Morgan fingerprint density at radius 1 is 1.00 bits per heavy atom. The molecule has 0 bridgehead atoms. The van der Waals surface area contributed by atoms with Gasteiger partial charge in [0.1, 0.15) is 0 Å². The summed E-state index contributed by atoms with van der Waals surface area (Å²) in [5.74, 6) is 0. The molecule has 0 amide bonds. The van der Waals surface area contributed by atoms with Gasteiger partial charge in [0.05, 0.1) is 23.3 Å². The molecule has 0 aliphatic heterocycles. The van der Waals surface area contributed by atoms with Crippen molar-refractivity contribution in [1.29, 1.82) is 10.5 Å². The second-order valence-corrected chi connectivity index (χ2v) is 2.49. The molecular formula is C8H6N2O3S. The lowest BCUT2D eigenvalue weighted by Crippen LogP contribution is -1.74. The van der Waals surface area contributed by atoms with Crippen molar-refractivity contribution in [2.75, 3.05) is 0 Å². The fourth-order valence-electron chi connectivity index (χ4n) is 0.619. The Bertz CT molecular complexity index is 352. The second-order valence-electron chi connectivity index (χ2n) is 2.03. The summed E-state index contributed by atoms with van der Waals surface area (Å²) in [6.45, 7) is 0. The van der Waals surface area contributed by atoms with Crippen LogP contribution in [0.2, 0.25) is 0 Å². The number of hydrogen-bond acceptors (Lipinski definition) is 3. The van der Waals surface area contributed by atoms with Crippen LogP contribution in [-0.4, -0.2) is 13.3 Å². The third kappa shape index (κ3) is 5.86. The van der Waals surface area contributed by atoms with Crippen molar-refractivity contribution in [3.05, 3.63) is 35.4 Å². The highest BCUT2D eigenvalue weighted by atomic mass is 32.2. The van der Waals surface area contributed by atoms with Crippen molar-refractivity contribution < 1.29 is 13.3 Å². The van der Waals surface area contributed by atoms with Gasteiger partial charge in [-0.25, -0.2) is 0 Å². The van der Waals surface area contributed by atoms with Crippen LogP contribution < -0.4 is 0 Å². The number of nitriles is 2. The van der Waals surface area contributed by atoms with E-state index in [9.17, 15) is 0 Å². The van der Waals surface area contributed by atoms with Crippen LogP contribution in [0.15, 0.2) is 24.3 Å². The monoisotopic (exact) mass is 210 g/mol. The van der Waals surface area contributed by atoms with E-state index in [4.69, 9.17) is 23.8 Å². The zero-order chi connectivity index (χ0) is 11.0. The largest absolute Gasteiger partial charge is 0.299 e. The summed E-state index contributed by atoms with van der Waals surface area (Å²) in [6.07, 6.45) is 0. The van der Waals surface area contributed by atoms with Crippen LogP contribution in [0.25, 0.3) is 0 Å². The standard InChI is InChI=1S/C8H4N2.H2O3S/c9-5-7-1-2-8(6-10)4-3-7;1-4(2)3/h1-4H;(H2,1,2,3). The third-order valence-corrected chi connectivity index (χ3v) is 1.14. The number of hydrogen-bond donors (Lipinski definition) is 2. The Hall–Kier alpha value is -1.73. The summed E-state index contributed by atoms with van der Waals surface area (Å²) in [4.78, 5) is 0. The molecule has 0 aliphatic carbocycles. The third-order valence-electron chi connectivity index (χ3n) is 1.14. The zero-order valence-corrected chi connectivity index (χ0v) is 7.73. The van der Waals surface area contributed by atoms with Gasteiger partial charge in [0.25, 0.3) is 11.4 Å². The van der Waals surface area contributed by atoms with Crippen LogP contribution >= 0.6 is 0 Å². The molecule has 72 valence electrons. The molecule has 1 aromatic rings. The van der Waals surface area contributed by atoms with Crippen LogP contribution in [0.5, 0.6) is 0 Å². The summed E-state index contributed by atoms with van der Waals surface area (Å²) in [5.41, 5.74) is 1.16. The minimum absolute atomic E-state index is 0.582. The van der Waals surface area contributed by atoms with Crippen molar-refractivity contribution in [1.82, 2.24) is 0 Å². The summed E-state index contributed by atoms with van der Waals surface area (Å²) < 4.78 is 22.8. The van der Waals surface area contributed by atoms with E-state index in [1.165, 1.54) is 0 Å². The fraction of sp³-hybridized carbons (Fsp3) is 0. The lowest BCUT2D eigenvalue weighted by molar-refractivity contribution is 0.454. The SMILES string of the molecule is N#Cc1ccc(C#N)cc1.O=S(O)O. The lowest BCUT2D eigenvalue weighted by Gasteiger charge is -1.85. The van der Waals surface area contributed by atoms with Crippen molar-refractivity contribution in [3.8, 4) is 12.1 Å². The Labute approximate surface area is 83.3 Å². The van der Waals surface area contributed by atoms with E-state index in [0.29, 0.717) is 11.1 Å². The molecule has 0 radical (unpaired) electrons. The first-order valence-corrected chi connectivity index (χ1v) is 4.36. The summed E-state index contributed by atoms with van der Waals surface area (Å²) in [6, 6.07) is 10.4. The van der Waals surface area contributed by atoms with Crippen LogP contribution in [0.3, 0.4) is 0 Å². The minimum atomic E-state index is -2.61. The first-order valence-electron chi connectivity index (χ1n) is 3.30. The first-order chi connectivity index (χ1) is 6.60. The molecule has 0 saturated carbocycles. The Morgan fingerprint density at radius 2 is 1.21 bits per heavy atom. The number of rotatable bonds is 0. The van der Waals surface area contributed by atoms with E-state index in [-0.39, 0.29) is 0 Å². The Kier molecular flexibility index (Phi) is 5.92. The fourth-order valence-corrected chi connectivity index (χ4v) is 0.619. The Balaban J connectivity index is 0.000000364. The van der Waals surface area contributed by atoms with Gasteiger partial charge >= 0.3 is 0 Å². The van der Waals surface area contributed by atoms with Gasteiger partial charge in [-0.2, -0.15) is 14.7 Å². The van der Waals surface area contributed by atoms with E-state index in [1.54, 1.807) is 24.3 Å². The molecule has 0 heterocycles.